The fourth-order valence-electron chi connectivity index (χ4n) is 3.38. The number of hydrogen-bond donors (Lipinski definition) is 2. The highest BCUT2D eigenvalue weighted by molar-refractivity contribution is 5.30. The van der Waals surface area contributed by atoms with Gasteiger partial charge in [-0.05, 0) is 59.8 Å². The van der Waals surface area contributed by atoms with Gasteiger partial charge in [-0.3, -0.25) is 0 Å². The van der Waals surface area contributed by atoms with Crippen LogP contribution < -0.4 is 11.5 Å². The zero-order valence-electron chi connectivity index (χ0n) is 13.0. The third kappa shape index (κ3) is 3.40. The Hall–Kier alpha value is -1.64. The van der Waals surface area contributed by atoms with Gasteiger partial charge in [0.05, 0.1) is 0 Å². The zero-order chi connectivity index (χ0) is 15.4. The predicted molar refractivity (Wildman–Crippen MR) is 92.3 cm³/mol. The lowest BCUT2D eigenvalue weighted by Crippen LogP contribution is -2.13. The van der Waals surface area contributed by atoms with E-state index in [1.807, 2.05) is 0 Å². The Bertz CT molecular complexity index is 523. The first-order valence-electron chi connectivity index (χ1n) is 8.21. The monoisotopic (exact) mass is 293 g/mol. The van der Waals surface area contributed by atoms with Crippen LogP contribution >= 0.6 is 0 Å². The van der Waals surface area contributed by atoms with Gasteiger partial charge in [0.25, 0.3) is 0 Å². The van der Waals surface area contributed by atoms with Crippen LogP contribution in [0.2, 0.25) is 0 Å². The molecule has 2 nitrogen and oxygen atoms in total. The summed E-state index contributed by atoms with van der Waals surface area (Å²) in [7, 11) is 0. The van der Waals surface area contributed by atoms with Crippen molar-refractivity contribution >= 4 is 0 Å². The fourth-order valence-corrected chi connectivity index (χ4v) is 3.38. The van der Waals surface area contributed by atoms with Crippen LogP contribution in [0.3, 0.4) is 0 Å². The molecule has 4 N–H and O–H groups in total. The minimum Gasteiger partial charge on any atom is -0.326 e. The average molecular weight is 293 g/mol. The zero-order valence-corrected chi connectivity index (χ0v) is 13.0. The molecule has 0 aliphatic heterocycles. The molecular formula is C20H25N2. The number of benzene rings is 2. The molecule has 22 heavy (non-hydrogen) atoms. The van der Waals surface area contributed by atoms with Crippen LogP contribution in [0.15, 0.2) is 48.5 Å². The van der Waals surface area contributed by atoms with E-state index in [9.17, 15) is 0 Å². The average Bonchev–Trinajstić information content (AvgIpc) is 2.62. The smallest absolute Gasteiger partial charge is 0.0178 e. The molecule has 2 atom stereocenters. The molecule has 1 aliphatic rings. The van der Waals surface area contributed by atoms with Crippen LogP contribution in [0.1, 0.15) is 53.4 Å². The van der Waals surface area contributed by atoms with Gasteiger partial charge < -0.3 is 11.5 Å². The molecule has 0 amide bonds. The summed E-state index contributed by atoms with van der Waals surface area (Å²) in [4.78, 5) is 0. The van der Waals surface area contributed by atoms with Crippen LogP contribution in [0.5, 0.6) is 0 Å². The minimum absolute atomic E-state index is 0.589. The molecule has 1 fully saturated rings. The van der Waals surface area contributed by atoms with Gasteiger partial charge >= 0.3 is 0 Å². The van der Waals surface area contributed by atoms with Gasteiger partial charge in [-0.25, -0.2) is 0 Å². The largest absolute Gasteiger partial charge is 0.326 e. The summed E-state index contributed by atoms with van der Waals surface area (Å²) < 4.78 is 0. The van der Waals surface area contributed by atoms with Crippen LogP contribution in [0, 0.1) is 6.42 Å². The maximum atomic E-state index is 5.67. The molecule has 0 saturated heterocycles. The quantitative estimate of drug-likeness (QED) is 0.899. The Balaban J connectivity index is 1.61. The lowest BCUT2D eigenvalue weighted by Gasteiger charge is -2.29. The molecule has 0 heterocycles. The summed E-state index contributed by atoms with van der Waals surface area (Å²) >= 11 is 0. The summed E-state index contributed by atoms with van der Waals surface area (Å²) in [6.07, 6.45) is 6.13. The summed E-state index contributed by atoms with van der Waals surface area (Å²) in [5.41, 5.74) is 16.6. The summed E-state index contributed by atoms with van der Waals surface area (Å²) in [5.74, 6) is 1.25. The Morgan fingerprint density at radius 3 is 1.73 bits per heavy atom. The molecule has 2 unspecified atom stereocenters. The van der Waals surface area contributed by atoms with Gasteiger partial charge in [0.1, 0.15) is 0 Å². The van der Waals surface area contributed by atoms with Gasteiger partial charge in [0, 0.05) is 13.1 Å². The van der Waals surface area contributed by atoms with Crippen LogP contribution in [0.4, 0.5) is 0 Å². The third-order valence-electron chi connectivity index (χ3n) is 4.86. The molecule has 115 valence electrons. The molecule has 0 bridgehead atoms. The SMILES string of the molecule is NCc1ccc(C2[CH]CC(c3ccc(CN)cc3)CC2)cc1. The fraction of sp³-hybridized carbons (Fsp3) is 0.350. The number of rotatable bonds is 4. The predicted octanol–water partition coefficient (Wildman–Crippen LogP) is 3.86. The molecule has 1 radical (unpaired) electrons. The first-order chi connectivity index (χ1) is 10.8. The van der Waals surface area contributed by atoms with E-state index in [1.54, 1.807) is 0 Å². The molecule has 0 spiro atoms. The second kappa shape index (κ2) is 7.08. The van der Waals surface area contributed by atoms with Crippen molar-refractivity contribution in [3.05, 3.63) is 77.2 Å². The molecule has 2 aromatic rings. The Morgan fingerprint density at radius 2 is 1.27 bits per heavy atom. The van der Waals surface area contributed by atoms with E-state index in [0.717, 1.165) is 6.42 Å². The maximum Gasteiger partial charge on any atom is 0.0178 e. The highest BCUT2D eigenvalue weighted by Gasteiger charge is 2.23. The summed E-state index contributed by atoms with van der Waals surface area (Å²) in [6.45, 7) is 1.24. The van der Waals surface area contributed by atoms with Gasteiger partial charge in [0.2, 0.25) is 0 Å². The van der Waals surface area contributed by atoms with Gasteiger partial charge in [-0.15, -0.1) is 0 Å². The number of hydrogen-bond acceptors (Lipinski definition) is 2. The second-order valence-corrected chi connectivity index (χ2v) is 6.24. The lowest BCUT2D eigenvalue weighted by molar-refractivity contribution is 0.474. The Labute approximate surface area is 133 Å². The molecule has 0 aromatic heterocycles. The van der Waals surface area contributed by atoms with Crippen molar-refractivity contribution in [3.63, 3.8) is 0 Å². The van der Waals surface area contributed by atoms with E-state index >= 15 is 0 Å². The van der Waals surface area contributed by atoms with E-state index in [-0.39, 0.29) is 0 Å². The van der Waals surface area contributed by atoms with Crippen molar-refractivity contribution in [2.45, 2.75) is 44.2 Å². The number of nitrogens with two attached hydrogens (primary N) is 2. The second-order valence-electron chi connectivity index (χ2n) is 6.24. The van der Waals surface area contributed by atoms with Crippen LogP contribution in [-0.4, -0.2) is 0 Å². The summed E-state index contributed by atoms with van der Waals surface area (Å²) in [5, 5.41) is 0. The third-order valence-corrected chi connectivity index (χ3v) is 4.86. The van der Waals surface area contributed by atoms with E-state index in [4.69, 9.17) is 11.5 Å². The van der Waals surface area contributed by atoms with Crippen molar-refractivity contribution in [3.8, 4) is 0 Å². The highest BCUT2D eigenvalue weighted by atomic mass is 14.5. The summed E-state index contributed by atoms with van der Waals surface area (Å²) in [6, 6.07) is 17.6. The van der Waals surface area contributed by atoms with Crippen molar-refractivity contribution in [1.82, 2.24) is 0 Å². The Kier molecular flexibility index (Phi) is 4.91. The van der Waals surface area contributed by atoms with Gasteiger partial charge in [-0.1, -0.05) is 48.5 Å². The van der Waals surface area contributed by atoms with Crippen LogP contribution in [-0.2, 0) is 13.1 Å². The molecule has 2 heteroatoms. The maximum absolute atomic E-state index is 5.67. The first kappa shape index (κ1) is 15.3. The normalized spacial score (nSPS) is 21.7. The van der Waals surface area contributed by atoms with Crippen molar-refractivity contribution in [1.29, 1.82) is 0 Å². The molecular weight excluding hydrogens is 268 g/mol. The first-order valence-corrected chi connectivity index (χ1v) is 8.21. The Morgan fingerprint density at radius 1 is 0.727 bits per heavy atom. The topological polar surface area (TPSA) is 52.0 Å². The van der Waals surface area contributed by atoms with Crippen molar-refractivity contribution < 1.29 is 0 Å². The van der Waals surface area contributed by atoms with E-state index in [2.05, 4.69) is 55.0 Å². The van der Waals surface area contributed by atoms with Crippen molar-refractivity contribution in [2.24, 2.45) is 11.5 Å². The molecule has 2 aromatic carbocycles. The van der Waals surface area contributed by atoms with Gasteiger partial charge in [-0.2, -0.15) is 0 Å². The van der Waals surface area contributed by atoms with E-state index < -0.39 is 0 Å². The minimum atomic E-state index is 0.589. The molecule has 1 saturated carbocycles. The van der Waals surface area contributed by atoms with E-state index in [1.165, 1.54) is 35.1 Å². The molecule has 1 aliphatic carbocycles. The van der Waals surface area contributed by atoms with E-state index in [0.29, 0.717) is 24.9 Å². The highest BCUT2D eigenvalue weighted by Crippen LogP contribution is 2.39. The van der Waals surface area contributed by atoms with Crippen LogP contribution in [0.25, 0.3) is 0 Å². The lowest BCUT2D eigenvalue weighted by atomic mass is 9.76. The standard InChI is InChI=1S/C20H25N2/c21-13-15-1-5-17(6-2-15)19-9-11-20(12-10-19)18-7-3-16(14-22)4-8-18/h1-9,19-20H,10-14,21-22H2. The molecule has 3 rings (SSSR count). The van der Waals surface area contributed by atoms with Gasteiger partial charge in [0.15, 0.2) is 0 Å². The van der Waals surface area contributed by atoms with Crippen molar-refractivity contribution in [2.75, 3.05) is 0 Å².